The molecule has 10 heteroatoms. The Hall–Kier alpha value is -3.50. The highest BCUT2D eigenvalue weighted by atomic mass is 32.2. The number of morpholine rings is 1. The number of rotatable bonds is 6. The quantitative estimate of drug-likeness (QED) is 0.492. The largest absolute Gasteiger partial charge is 0.493 e. The minimum Gasteiger partial charge on any atom is -0.493 e. The fourth-order valence-corrected chi connectivity index (χ4v) is 6.01. The molecule has 2 amide bonds. The van der Waals surface area contributed by atoms with Crippen molar-refractivity contribution >= 4 is 29.4 Å². The molecule has 0 spiro atoms. The van der Waals surface area contributed by atoms with Crippen molar-refractivity contribution in [2.45, 2.75) is 5.25 Å². The molecule has 5 rings (SSSR count). The number of hydrogen-bond acceptors (Lipinski definition) is 7. The van der Waals surface area contributed by atoms with Crippen molar-refractivity contribution in [2.75, 3.05) is 57.7 Å². The average molecular weight is 523 g/mol. The van der Waals surface area contributed by atoms with Crippen LogP contribution in [0, 0.1) is 0 Å². The van der Waals surface area contributed by atoms with E-state index < -0.39 is 0 Å². The van der Waals surface area contributed by atoms with Gasteiger partial charge in [-0.25, -0.2) is 0 Å². The number of ether oxygens (including phenoxy) is 3. The molecule has 9 nitrogen and oxygen atoms in total. The van der Waals surface area contributed by atoms with Gasteiger partial charge >= 0.3 is 0 Å². The summed E-state index contributed by atoms with van der Waals surface area (Å²) in [6.45, 7) is 2.02. The van der Waals surface area contributed by atoms with E-state index in [2.05, 4.69) is 0 Å². The van der Waals surface area contributed by atoms with E-state index in [-0.39, 0.29) is 29.4 Å². The highest BCUT2D eigenvalue weighted by Crippen LogP contribution is 2.48. The highest BCUT2D eigenvalue weighted by Gasteiger charge is 2.37. The Morgan fingerprint density at radius 2 is 1.81 bits per heavy atom. The molecule has 2 aliphatic rings. The van der Waals surface area contributed by atoms with Crippen LogP contribution in [0.25, 0.3) is 11.3 Å². The van der Waals surface area contributed by atoms with Crippen LogP contribution in [0.2, 0.25) is 0 Å². The van der Waals surface area contributed by atoms with Gasteiger partial charge in [-0.1, -0.05) is 36.4 Å². The van der Waals surface area contributed by atoms with Crippen LogP contribution >= 0.6 is 11.8 Å². The standard InChI is InChI=1S/C27H30N4O5S/c1-29-27-24(25(28-29)18-7-5-4-6-8-18)26(19-9-10-20(34-2)21(15-19)35-3)37-17-23(33)31(27)16-22(32)30-11-13-36-14-12-30/h4-10,15,26H,11-14,16-17H2,1-3H3. The van der Waals surface area contributed by atoms with E-state index in [1.165, 1.54) is 11.8 Å². The fraction of sp³-hybridized carbons (Fsp3) is 0.370. The van der Waals surface area contributed by atoms with Gasteiger partial charge in [-0.2, -0.15) is 5.10 Å². The van der Waals surface area contributed by atoms with Gasteiger partial charge < -0.3 is 19.1 Å². The lowest BCUT2D eigenvalue weighted by atomic mass is 9.99. The van der Waals surface area contributed by atoms with Crippen LogP contribution in [0.4, 0.5) is 5.82 Å². The third kappa shape index (κ3) is 4.91. The van der Waals surface area contributed by atoms with Crippen molar-refractivity contribution < 1.29 is 23.8 Å². The summed E-state index contributed by atoms with van der Waals surface area (Å²) in [5, 5.41) is 4.65. The Balaban J connectivity index is 1.63. The Morgan fingerprint density at radius 1 is 1.08 bits per heavy atom. The lowest BCUT2D eigenvalue weighted by Gasteiger charge is -2.30. The number of carbonyl (C=O) groups is 2. The first-order chi connectivity index (χ1) is 18.0. The molecule has 0 saturated carbocycles. The zero-order chi connectivity index (χ0) is 25.9. The molecule has 1 atom stereocenters. The van der Waals surface area contributed by atoms with E-state index in [1.807, 2.05) is 55.6 Å². The van der Waals surface area contributed by atoms with Gasteiger partial charge in [0, 0.05) is 31.3 Å². The lowest BCUT2D eigenvalue weighted by molar-refractivity contribution is -0.134. The normalized spacial score (nSPS) is 17.8. The third-order valence-corrected chi connectivity index (χ3v) is 7.91. The first-order valence-corrected chi connectivity index (χ1v) is 13.2. The number of anilines is 1. The molecule has 37 heavy (non-hydrogen) atoms. The van der Waals surface area contributed by atoms with Crippen LogP contribution in [0.5, 0.6) is 11.5 Å². The van der Waals surface area contributed by atoms with Gasteiger partial charge in [0.05, 0.1) is 44.1 Å². The van der Waals surface area contributed by atoms with E-state index in [0.29, 0.717) is 43.6 Å². The highest BCUT2D eigenvalue weighted by molar-refractivity contribution is 8.00. The summed E-state index contributed by atoms with van der Waals surface area (Å²) in [6.07, 6.45) is 0. The minimum absolute atomic E-state index is 0.0428. The number of aromatic nitrogens is 2. The van der Waals surface area contributed by atoms with E-state index in [4.69, 9.17) is 19.3 Å². The Labute approximate surface area is 220 Å². The number of carbonyl (C=O) groups excluding carboxylic acids is 2. The van der Waals surface area contributed by atoms with E-state index >= 15 is 0 Å². The molecular weight excluding hydrogens is 492 g/mol. The smallest absolute Gasteiger partial charge is 0.242 e. The van der Waals surface area contributed by atoms with Crippen LogP contribution < -0.4 is 14.4 Å². The second kappa shape index (κ2) is 10.9. The van der Waals surface area contributed by atoms with Crippen molar-refractivity contribution in [3.05, 3.63) is 59.7 Å². The maximum atomic E-state index is 13.5. The molecule has 0 bridgehead atoms. The minimum atomic E-state index is -0.217. The molecule has 3 heterocycles. The van der Waals surface area contributed by atoms with Crippen LogP contribution in [0.3, 0.4) is 0 Å². The van der Waals surface area contributed by atoms with Gasteiger partial charge in [0.25, 0.3) is 0 Å². The molecule has 194 valence electrons. The molecule has 2 aromatic carbocycles. The Kier molecular flexibility index (Phi) is 7.38. The molecule has 3 aromatic rings. The molecule has 1 saturated heterocycles. The first kappa shape index (κ1) is 25.2. The summed E-state index contributed by atoms with van der Waals surface area (Å²) >= 11 is 1.52. The second-order valence-electron chi connectivity index (χ2n) is 8.85. The monoisotopic (exact) mass is 522 g/mol. The Morgan fingerprint density at radius 3 is 2.51 bits per heavy atom. The summed E-state index contributed by atoms with van der Waals surface area (Å²) < 4.78 is 18.1. The molecule has 0 aliphatic carbocycles. The van der Waals surface area contributed by atoms with Crippen molar-refractivity contribution in [3.63, 3.8) is 0 Å². The Bertz CT molecular complexity index is 1290. The predicted molar refractivity (Wildman–Crippen MR) is 142 cm³/mol. The van der Waals surface area contributed by atoms with Crippen molar-refractivity contribution in [3.8, 4) is 22.8 Å². The van der Waals surface area contributed by atoms with E-state index in [0.717, 1.165) is 22.4 Å². The zero-order valence-corrected chi connectivity index (χ0v) is 22.0. The molecule has 1 unspecified atom stereocenters. The number of fused-ring (bicyclic) bond motifs is 1. The van der Waals surface area contributed by atoms with Crippen molar-refractivity contribution in [1.82, 2.24) is 14.7 Å². The van der Waals surface area contributed by atoms with E-state index in [1.54, 1.807) is 28.7 Å². The van der Waals surface area contributed by atoms with Gasteiger partial charge in [0.1, 0.15) is 12.4 Å². The molecule has 0 N–H and O–H groups in total. The van der Waals surface area contributed by atoms with Crippen molar-refractivity contribution in [1.29, 1.82) is 0 Å². The molecule has 0 radical (unpaired) electrons. The summed E-state index contributed by atoms with van der Waals surface area (Å²) in [4.78, 5) is 30.1. The van der Waals surface area contributed by atoms with Gasteiger partial charge in [-0.05, 0) is 17.7 Å². The third-order valence-electron chi connectivity index (χ3n) is 6.66. The number of benzene rings is 2. The topological polar surface area (TPSA) is 86.1 Å². The maximum Gasteiger partial charge on any atom is 0.242 e. The summed E-state index contributed by atoms with van der Waals surface area (Å²) in [7, 11) is 5.04. The summed E-state index contributed by atoms with van der Waals surface area (Å²) in [5.74, 6) is 1.88. The fourth-order valence-electron chi connectivity index (χ4n) is 4.83. The number of hydrogen-bond donors (Lipinski definition) is 0. The van der Waals surface area contributed by atoms with E-state index in [9.17, 15) is 9.59 Å². The number of methoxy groups -OCH3 is 2. The average Bonchev–Trinajstić information content (AvgIpc) is 3.20. The lowest BCUT2D eigenvalue weighted by Crippen LogP contribution is -2.48. The first-order valence-electron chi connectivity index (χ1n) is 12.1. The van der Waals surface area contributed by atoms with Gasteiger partial charge in [0.15, 0.2) is 11.5 Å². The molecule has 2 aliphatic heterocycles. The van der Waals surface area contributed by atoms with Gasteiger partial charge in [-0.3, -0.25) is 19.2 Å². The van der Waals surface area contributed by atoms with Gasteiger partial charge in [-0.15, -0.1) is 11.8 Å². The van der Waals surface area contributed by atoms with Gasteiger partial charge in [0.2, 0.25) is 11.8 Å². The summed E-state index contributed by atoms with van der Waals surface area (Å²) in [5.41, 5.74) is 3.58. The predicted octanol–water partition coefficient (Wildman–Crippen LogP) is 3.13. The van der Waals surface area contributed by atoms with Crippen LogP contribution in [0.15, 0.2) is 48.5 Å². The molecular formula is C27H30N4O5S. The number of amides is 2. The van der Waals surface area contributed by atoms with Crippen LogP contribution in [-0.2, 0) is 21.4 Å². The zero-order valence-electron chi connectivity index (χ0n) is 21.2. The van der Waals surface area contributed by atoms with Crippen LogP contribution in [-0.4, -0.2) is 79.3 Å². The summed E-state index contributed by atoms with van der Waals surface area (Å²) in [6, 6.07) is 15.7. The number of aryl methyl sites for hydroxylation is 1. The second-order valence-corrected chi connectivity index (χ2v) is 9.95. The maximum absolute atomic E-state index is 13.5. The van der Waals surface area contributed by atoms with Crippen molar-refractivity contribution in [2.24, 2.45) is 7.05 Å². The SMILES string of the molecule is COc1ccc(C2SCC(=O)N(CC(=O)N3CCOCC3)c3c2c(-c2ccccc2)nn3C)cc1OC. The number of nitrogens with zero attached hydrogens (tertiary/aromatic N) is 4. The molecule has 1 aromatic heterocycles. The van der Waals surface area contributed by atoms with Crippen LogP contribution in [0.1, 0.15) is 16.4 Å². The molecule has 1 fully saturated rings. The number of thioether (sulfide) groups is 1.